The fourth-order valence-corrected chi connectivity index (χ4v) is 3.04. The summed E-state index contributed by atoms with van der Waals surface area (Å²) in [5.41, 5.74) is 2.84. The molecule has 2 rings (SSSR count). The van der Waals surface area contributed by atoms with E-state index in [4.69, 9.17) is 0 Å². The molecular weight excluding hydrogens is 274 g/mol. The lowest BCUT2D eigenvalue weighted by Crippen LogP contribution is -2.27. The number of nitrogens with one attached hydrogen (secondary N) is 2. The second-order valence-corrected chi connectivity index (χ2v) is 6.69. The number of H-pyrrole nitrogens is 1. The fourth-order valence-electron chi connectivity index (χ4n) is 1.89. The van der Waals surface area contributed by atoms with E-state index in [1.165, 1.54) is 0 Å². The highest BCUT2D eigenvalue weighted by Crippen LogP contribution is 2.07. The van der Waals surface area contributed by atoms with Crippen molar-refractivity contribution in [2.75, 3.05) is 6.54 Å². The molecule has 0 saturated heterocycles. The molecule has 0 aliphatic heterocycles. The number of nitrogens with zero attached hydrogens (tertiary/aromatic N) is 1. The number of hydrogen-bond acceptors (Lipinski definition) is 3. The number of aryl methyl sites for hydroxylation is 2. The van der Waals surface area contributed by atoms with Crippen molar-refractivity contribution in [1.29, 1.82) is 0 Å². The Bertz CT molecular complexity index is 660. The van der Waals surface area contributed by atoms with Gasteiger partial charge < -0.3 is 4.98 Å². The molecule has 0 bridgehead atoms. The van der Waals surface area contributed by atoms with Gasteiger partial charge in [0, 0.05) is 24.9 Å². The van der Waals surface area contributed by atoms with Gasteiger partial charge in [-0.2, -0.15) is 0 Å². The number of aromatic nitrogens is 2. The van der Waals surface area contributed by atoms with E-state index >= 15 is 0 Å². The van der Waals surface area contributed by atoms with E-state index in [0.717, 1.165) is 22.6 Å². The molecule has 0 aliphatic carbocycles. The molecule has 1 aromatic carbocycles. The van der Waals surface area contributed by atoms with Gasteiger partial charge in [-0.1, -0.05) is 29.8 Å². The van der Waals surface area contributed by atoms with Crippen LogP contribution in [0.25, 0.3) is 0 Å². The molecule has 0 amide bonds. The van der Waals surface area contributed by atoms with Crippen LogP contribution in [0.5, 0.6) is 0 Å². The molecule has 0 atom stereocenters. The van der Waals surface area contributed by atoms with Gasteiger partial charge in [0.25, 0.3) is 0 Å². The Balaban J connectivity index is 1.86. The summed E-state index contributed by atoms with van der Waals surface area (Å²) in [6.45, 7) is 4.21. The molecule has 6 heteroatoms. The fraction of sp³-hybridized carbons (Fsp3) is 0.357. The number of sulfonamides is 1. The van der Waals surface area contributed by atoms with E-state index in [-0.39, 0.29) is 5.75 Å². The first-order valence-electron chi connectivity index (χ1n) is 6.48. The van der Waals surface area contributed by atoms with Gasteiger partial charge in [0.15, 0.2) is 0 Å². The minimum absolute atomic E-state index is 0.00921. The van der Waals surface area contributed by atoms with Gasteiger partial charge in [0.05, 0.1) is 5.75 Å². The molecule has 0 unspecified atom stereocenters. The number of aromatic amines is 1. The Hall–Kier alpha value is -1.66. The minimum atomic E-state index is -3.30. The van der Waals surface area contributed by atoms with E-state index in [2.05, 4.69) is 14.7 Å². The van der Waals surface area contributed by atoms with Gasteiger partial charge in [-0.25, -0.2) is 18.1 Å². The molecule has 2 aromatic rings. The van der Waals surface area contributed by atoms with Gasteiger partial charge in [-0.15, -0.1) is 0 Å². The number of imidazole rings is 1. The molecule has 0 fully saturated rings. The lowest BCUT2D eigenvalue weighted by Gasteiger charge is -2.06. The summed E-state index contributed by atoms with van der Waals surface area (Å²) in [7, 11) is -3.30. The summed E-state index contributed by atoms with van der Waals surface area (Å²) in [5.74, 6) is 0.845. The van der Waals surface area contributed by atoms with Crippen molar-refractivity contribution >= 4 is 10.0 Å². The number of hydrogen-bond donors (Lipinski definition) is 2. The van der Waals surface area contributed by atoms with E-state index in [0.29, 0.717) is 13.0 Å². The van der Waals surface area contributed by atoms with Crippen LogP contribution < -0.4 is 4.72 Å². The van der Waals surface area contributed by atoms with Crippen LogP contribution in [-0.4, -0.2) is 24.9 Å². The average Bonchev–Trinajstić information content (AvgIpc) is 2.77. The largest absolute Gasteiger partial charge is 0.346 e. The molecule has 1 aromatic heterocycles. The zero-order chi connectivity index (χ0) is 14.6. The van der Waals surface area contributed by atoms with Crippen LogP contribution in [0.2, 0.25) is 0 Å². The first-order chi connectivity index (χ1) is 9.44. The van der Waals surface area contributed by atoms with Crippen molar-refractivity contribution in [1.82, 2.24) is 14.7 Å². The van der Waals surface area contributed by atoms with E-state index in [9.17, 15) is 8.42 Å². The predicted octanol–water partition coefficient (Wildman–Crippen LogP) is 1.69. The molecular formula is C14H19N3O2S. The van der Waals surface area contributed by atoms with Crippen LogP contribution in [0.4, 0.5) is 0 Å². The highest BCUT2D eigenvalue weighted by molar-refractivity contribution is 7.88. The summed E-state index contributed by atoms with van der Waals surface area (Å²) >= 11 is 0. The SMILES string of the molecule is Cc1ccc(CS(=O)(=O)NCCc2cnc(C)[nH]2)cc1. The van der Waals surface area contributed by atoms with Crippen LogP contribution >= 0.6 is 0 Å². The standard InChI is InChI=1S/C14H19N3O2S/c1-11-3-5-13(6-4-11)10-20(18,19)16-8-7-14-9-15-12(2)17-14/h3-6,9,16H,7-8,10H2,1-2H3,(H,15,17). The maximum Gasteiger partial charge on any atom is 0.215 e. The second kappa shape index (κ2) is 6.19. The zero-order valence-corrected chi connectivity index (χ0v) is 12.5. The number of benzene rings is 1. The molecule has 0 spiro atoms. The topological polar surface area (TPSA) is 74.8 Å². The van der Waals surface area contributed by atoms with Gasteiger partial charge >= 0.3 is 0 Å². The average molecular weight is 293 g/mol. The minimum Gasteiger partial charge on any atom is -0.346 e. The summed E-state index contributed by atoms with van der Waals surface area (Å²) in [4.78, 5) is 7.15. The van der Waals surface area contributed by atoms with Crippen molar-refractivity contribution < 1.29 is 8.42 Å². The highest BCUT2D eigenvalue weighted by Gasteiger charge is 2.11. The summed E-state index contributed by atoms with van der Waals surface area (Å²) in [6, 6.07) is 7.51. The van der Waals surface area contributed by atoms with Gasteiger partial charge in [0.1, 0.15) is 5.82 Å². The third kappa shape index (κ3) is 4.47. The van der Waals surface area contributed by atoms with Crippen LogP contribution in [0.1, 0.15) is 22.6 Å². The Morgan fingerprint density at radius 2 is 1.90 bits per heavy atom. The first kappa shape index (κ1) is 14.7. The highest BCUT2D eigenvalue weighted by atomic mass is 32.2. The Labute approximate surface area is 119 Å². The zero-order valence-electron chi connectivity index (χ0n) is 11.7. The maximum absolute atomic E-state index is 11.9. The van der Waals surface area contributed by atoms with E-state index < -0.39 is 10.0 Å². The van der Waals surface area contributed by atoms with Crippen molar-refractivity contribution in [3.8, 4) is 0 Å². The van der Waals surface area contributed by atoms with Gasteiger partial charge in [-0.05, 0) is 19.4 Å². The van der Waals surface area contributed by atoms with Crippen LogP contribution in [-0.2, 0) is 22.2 Å². The van der Waals surface area contributed by atoms with Crippen molar-refractivity contribution in [2.45, 2.75) is 26.0 Å². The molecule has 0 radical (unpaired) electrons. The first-order valence-corrected chi connectivity index (χ1v) is 8.13. The Kier molecular flexibility index (Phi) is 4.57. The smallest absolute Gasteiger partial charge is 0.215 e. The van der Waals surface area contributed by atoms with Crippen molar-refractivity contribution in [2.24, 2.45) is 0 Å². The third-order valence-corrected chi connectivity index (χ3v) is 4.31. The Morgan fingerprint density at radius 1 is 1.20 bits per heavy atom. The van der Waals surface area contributed by atoms with E-state index in [1.54, 1.807) is 6.20 Å². The summed E-state index contributed by atoms with van der Waals surface area (Å²) < 4.78 is 26.5. The monoisotopic (exact) mass is 293 g/mol. The molecule has 2 N–H and O–H groups in total. The normalized spacial score (nSPS) is 11.7. The Morgan fingerprint density at radius 3 is 2.50 bits per heavy atom. The van der Waals surface area contributed by atoms with Crippen LogP contribution in [0.3, 0.4) is 0 Å². The van der Waals surface area contributed by atoms with Crippen molar-refractivity contribution in [3.63, 3.8) is 0 Å². The molecule has 0 saturated carbocycles. The second-order valence-electron chi connectivity index (χ2n) is 4.88. The van der Waals surface area contributed by atoms with Gasteiger partial charge in [0.2, 0.25) is 10.0 Å². The molecule has 0 aliphatic rings. The maximum atomic E-state index is 11.9. The third-order valence-electron chi connectivity index (χ3n) is 2.95. The number of rotatable bonds is 6. The molecule has 5 nitrogen and oxygen atoms in total. The summed E-state index contributed by atoms with van der Waals surface area (Å²) in [6.07, 6.45) is 2.33. The van der Waals surface area contributed by atoms with Crippen LogP contribution in [0, 0.1) is 13.8 Å². The lowest BCUT2D eigenvalue weighted by atomic mass is 10.2. The predicted molar refractivity (Wildman–Crippen MR) is 78.8 cm³/mol. The quantitative estimate of drug-likeness (QED) is 0.851. The molecule has 20 heavy (non-hydrogen) atoms. The van der Waals surface area contributed by atoms with Gasteiger partial charge in [-0.3, -0.25) is 0 Å². The molecule has 108 valence electrons. The van der Waals surface area contributed by atoms with E-state index in [1.807, 2.05) is 38.1 Å². The van der Waals surface area contributed by atoms with Crippen LogP contribution in [0.15, 0.2) is 30.5 Å². The molecule has 1 heterocycles. The van der Waals surface area contributed by atoms with Crippen molar-refractivity contribution in [3.05, 3.63) is 53.1 Å². The lowest BCUT2D eigenvalue weighted by molar-refractivity contribution is 0.580. The summed E-state index contributed by atoms with van der Waals surface area (Å²) in [5, 5.41) is 0.